The van der Waals surface area contributed by atoms with E-state index >= 15 is 0 Å². The lowest BCUT2D eigenvalue weighted by Crippen LogP contribution is -2.48. The van der Waals surface area contributed by atoms with Gasteiger partial charge in [-0.15, -0.1) is 0 Å². The molecule has 110 valence electrons. The van der Waals surface area contributed by atoms with E-state index in [0.29, 0.717) is 4.31 Å². The maximum Gasteiger partial charge on any atom is 0.421 e. The molecular formula is C8H14N2O8S. The summed E-state index contributed by atoms with van der Waals surface area (Å²) in [5.41, 5.74) is 0. The van der Waals surface area contributed by atoms with Crippen LogP contribution >= 0.6 is 0 Å². The first-order valence-corrected chi connectivity index (χ1v) is 6.20. The molecule has 0 aromatic rings. The van der Waals surface area contributed by atoms with Gasteiger partial charge in [0.05, 0.1) is 21.3 Å². The lowest BCUT2D eigenvalue weighted by Gasteiger charge is -2.19. The lowest BCUT2D eigenvalue weighted by molar-refractivity contribution is -0.143. The van der Waals surface area contributed by atoms with Gasteiger partial charge in [0.15, 0.2) is 0 Å². The summed E-state index contributed by atoms with van der Waals surface area (Å²) in [6.07, 6.45) is -1.26. The highest BCUT2D eigenvalue weighted by Crippen LogP contribution is 2.00. The van der Waals surface area contributed by atoms with Crippen molar-refractivity contribution >= 4 is 28.2 Å². The number of amides is 1. The van der Waals surface area contributed by atoms with E-state index in [0.717, 1.165) is 21.3 Å². The van der Waals surface area contributed by atoms with Crippen molar-refractivity contribution in [3.63, 3.8) is 0 Å². The third-order valence-electron chi connectivity index (χ3n) is 1.80. The minimum Gasteiger partial charge on any atom is -0.468 e. The quantitative estimate of drug-likeness (QED) is 0.451. The summed E-state index contributed by atoms with van der Waals surface area (Å²) in [5, 5.41) is 0. The van der Waals surface area contributed by atoms with Crippen molar-refractivity contribution in [1.29, 1.82) is 0 Å². The molecule has 0 aliphatic rings. The highest BCUT2D eigenvalue weighted by atomic mass is 32.2. The minimum atomic E-state index is -4.44. The maximum atomic E-state index is 11.7. The SMILES string of the molecule is COC(=O)CN(CC(=O)OC)S(=O)(=O)NC(=O)OC. The Balaban J connectivity index is 5.04. The van der Waals surface area contributed by atoms with Crippen LogP contribution < -0.4 is 4.72 Å². The molecule has 0 fully saturated rings. The zero-order valence-electron chi connectivity index (χ0n) is 10.5. The molecule has 0 aromatic carbocycles. The molecule has 0 radical (unpaired) electrons. The second-order valence-electron chi connectivity index (χ2n) is 3.02. The third kappa shape index (κ3) is 6.01. The monoisotopic (exact) mass is 298 g/mol. The van der Waals surface area contributed by atoms with Crippen LogP contribution in [0.15, 0.2) is 0 Å². The minimum absolute atomic E-state index is 0.377. The van der Waals surface area contributed by atoms with Crippen molar-refractivity contribution in [2.24, 2.45) is 0 Å². The van der Waals surface area contributed by atoms with Crippen molar-refractivity contribution in [2.45, 2.75) is 0 Å². The fourth-order valence-electron chi connectivity index (χ4n) is 0.854. The van der Waals surface area contributed by atoms with Gasteiger partial charge in [-0.2, -0.15) is 12.7 Å². The van der Waals surface area contributed by atoms with E-state index in [-0.39, 0.29) is 0 Å². The largest absolute Gasteiger partial charge is 0.468 e. The molecule has 0 spiro atoms. The molecule has 0 aromatic heterocycles. The average molecular weight is 298 g/mol. The highest BCUT2D eigenvalue weighted by Gasteiger charge is 2.29. The summed E-state index contributed by atoms with van der Waals surface area (Å²) in [7, 11) is -1.40. The summed E-state index contributed by atoms with van der Waals surface area (Å²) in [6, 6.07) is 0. The standard InChI is InChI=1S/C8H14N2O8S/c1-16-6(11)4-10(5-7(12)17-2)19(14,15)9-8(13)18-3/h4-5H2,1-3H3,(H,9,13). The Morgan fingerprint density at radius 1 is 0.947 bits per heavy atom. The zero-order valence-corrected chi connectivity index (χ0v) is 11.4. The molecule has 0 aliphatic carbocycles. The Kier molecular flexibility index (Phi) is 6.79. The molecule has 0 bridgehead atoms. The number of nitrogens with zero attached hydrogens (tertiary/aromatic N) is 1. The number of nitrogens with one attached hydrogen (secondary N) is 1. The van der Waals surface area contributed by atoms with E-state index in [2.05, 4.69) is 14.2 Å². The van der Waals surface area contributed by atoms with E-state index in [4.69, 9.17) is 0 Å². The molecule has 1 N–H and O–H groups in total. The predicted molar refractivity (Wildman–Crippen MR) is 60.1 cm³/mol. The molecule has 0 rings (SSSR count). The van der Waals surface area contributed by atoms with Gasteiger partial charge in [-0.25, -0.2) is 9.52 Å². The molecule has 1 amide bonds. The van der Waals surface area contributed by atoms with Crippen LogP contribution in [0.5, 0.6) is 0 Å². The van der Waals surface area contributed by atoms with E-state index in [1.165, 1.54) is 4.72 Å². The fourth-order valence-corrected chi connectivity index (χ4v) is 1.83. The molecule has 0 saturated heterocycles. The van der Waals surface area contributed by atoms with Crippen LogP contribution in [-0.2, 0) is 34.0 Å². The predicted octanol–water partition coefficient (Wildman–Crippen LogP) is -1.76. The van der Waals surface area contributed by atoms with Crippen molar-refractivity contribution in [2.75, 3.05) is 34.4 Å². The molecule has 19 heavy (non-hydrogen) atoms. The zero-order chi connectivity index (χ0) is 15.1. The van der Waals surface area contributed by atoms with Gasteiger partial charge in [0.25, 0.3) is 0 Å². The average Bonchev–Trinajstić information content (AvgIpc) is 2.36. The summed E-state index contributed by atoms with van der Waals surface area (Å²) in [6.45, 7) is -1.53. The van der Waals surface area contributed by atoms with Crippen molar-refractivity contribution in [1.82, 2.24) is 9.03 Å². The molecule has 10 nitrogen and oxygen atoms in total. The number of hydrogen-bond donors (Lipinski definition) is 1. The van der Waals surface area contributed by atoms with Gasteiger partial charge in [-0.3, -0.25) is 9.59 Å². The Hall–Kier alpha value is -1.88. The Bertz CT molecular complexity index is 428. The Labute approximate surface area is 109 Å². The smallest absolute Gasteiger partial charge is 0.421 e. The second-order valence-corrected chi connectivity index (χ2v) is 4.69. The van der Waals surface area contributed by atoms with Crippen molar-refractivity contribution in [3.8, 4) is 0 Å². The fraction of sp³-hybridized carbons (Fsp3) is 0.625. The molecule has 11 heteroatoms. The first kappa shape index (κ1) is 17.1. The van der Waals surface area contributed by atoms with Gasteiger partial charge >= 0.3 is 28.2 Å². The second kappa shape index (κ2) is 7.53. The lowest BCUT2D eigenvalue weighted by atomic mass is 10.6. The number of carbonyl (C=O) groups excluding carboxylic acids is 3. The van der Waals surface area contributed by atoms with Gasteiger partial charge in [-0.1, -0.05) is 0 Å². The van der Waals surface area contributed by atoms with Crippen LogP contribution in [0.25, 0.3) is 0 Å². The first-order chi connectivity index (χ1) is 8.76. The van der Waals surface area contributed by atoms with Gasteiger partial charge in [-0.05, 0) is 0 Å². The van der Waals surface area contributed by atoms with Crippen molar-refractivity contribution in [3.05, 3.63) is 0 Å². The van der Waals surface area contributed by atoms with E-state index in [1.807, 2.05) is 0 Å². The van der Waals surface area contributed by atoms with Crippen LogP contribution in [0.3, 0.4) is 0 Å². The van der Waals surface area contributed by atoms with E-state index in [9.17, 15) is 22.8 Å². The van der Waals surface area contributed by atoms with Gasteiger partial charge in [0.2, 0.25) is 0 Å². The van der Waals surface area contributed by atoms with Gasteiger partial charge in [0, 0.05) is 0 Å². The van der Waals surface area contributed by atoms with E-state index < -0.39 is 41.3 Å². The van der Waals surface area contributed by atoms with E-state index in [1.54, 1.807) is 0 Å². The topological polar surface area (TPSA) is 128 Å². The summed E-state index contributed by atoms with van der Waals surface area (Å²) in [5.74, 6) is -1.83. The summed E-state index contributed by atoms with van der Waals surface area (Å²) in [4.78, 5) is 33.0. The molecular weight excluding hydrogens is 284 g/mol. The van der Waals surface area contributed by atoms with Crippen LogP contribution in [0.4, 0.5) is 4.79 Å². The number of carbonyl (C=O) groups is 3. The third-order valence-corrected chi connectivity index (χ3v) is 3.17. The van der Waals surface area contributed by atoms with Gasteiger partial charge < -0.3 is 14.2 Å². The summed E-state index contributed by atoms with van der Waals surface area (Å²) >= 11 is 0. The molecule has 0 aliphatic heterocycles. The Morgan fingerprint density at radius 2 is 1.37 bits per heavy atom. The number of hydrogen-bond acceptors (Lipinski definition) is 8. The Morgan fingerprint density at radius 3 is 1.68 bits per heavy atom. The normalized spacial score (nSPS) is 10.7. The van der Waals surface area contributed by atoms with Gasteiger partial charge in [0.1, 0.15) is 13.1 Å². The number of methoxy groups -OCH3 is 3. The van der Waals surface area contributed by atoms with Crippen LogP contribution in [0, 0.1) is 0 Å². The van der Waals surface area contributed by atoms with Crippen molar-refractivity contribution < 1.29 is 37.0 Å². The molecule has 0 unspecified atom stereocenters. The number of ether oxygens (including phenoxy) is 3. The van der Waals surface area contributed by atoms with Crippen LogP contribution in [-0.4, -0.2) is 65.2 Å². The molecule has 0 atom stereocenters. The number of rotatable bonds is 6. The molecule has 0 heterocycles. The van der Waals surface area contributed by atoms with Crippen LogP contribution in [0.1, 0.15) is 0 Å². The number of esters is 2. The maximum absolute atomic E-state index is 11.7. The first-order valence-electron chi connectivity index (χ1n) is 4.76. The van der Waals surface area contributed by atoms with Crippen LogP contribution in [0.2, 0.25) is 0 Å². The highest BCUT2D eigenvalue weighted by molar-refractivity contribution is 7.87. The summed E-state index contributed by atoms with van der Waals surface area (Å²) < 4.78 is 37.9. The molecule has 0 saturated carbocycles.